The molecule has 3 heterocycles. The van der Waals surface area contributed by atoms with Crippen molar-refractivity contribution in [3.05, 3.63) is 88.8 Å². The summed E-state index contributed by atoms with van der Waals surface area (Å²) in [6.45, 7) is 2.56. The standard InChI is InChI=1S/C24H23N5O/c1-16-22-19(14-20(18-11-12-18)25-23(22)28(2)27-16)24(30)26-21-10-6-7-13-29(21)15-17-8-4-3-5-9-17/h3-10,13-14,18H,11-12,15H2,1-2H3. The molecule has 0 atom stereocenters. The molecule has 4 aromatic rings. The molecule has 1 aliphatic carbocycles. The number of aromatic nitrogens is 4. The Bertz CT molecular complexity index is 1310. The molecule has 0 bridgehead atoms. The second-order valence-corrected chi connectivity index (χ2v) is 7.87. The molecule has 6 nitrogen and oxygen atoms in total. The second kappa shape index (κ2) is 7.37. The fourth-order valence-electron chi connectivity index (χ4n) is 3.87. The van der Waals surface area contributed by atoms with Gasteiger partial charge in [0.1, 0.15) is 5.49 Å². The normalized spacial score (nSPS) is 14.4. The molecule has 1 saturated carbocycles. The Labute approximate surface area is 174 Å². The molecule has 0 N–H and O–H groups in total. The lowest BCUT2D eigenvalue weighted by molar-refractivity contribution is 0.0998. The first-order chi connectivity index (χ1) is 14.6. The van der Waals surface area contributed by atoms with Crippen LogP contribution in [-0.2, 0) is 13.6 Å². The van der Waals surface area contributed by atoms with Crippen LogP contribution in [0, 0.1) is 6.92 Å². The third kappa shape index (κ3) is 3.45. The summed E-state index contributed by atoms with van der Waals surface area (Å²) in [5, 5.41) is 5.28. The van der Waals surface area contributed by atoms with E-state index in [-0.39, 0.29) is 5.91 Å². The van der Waals surface area contributed by atoms with E-state index in [1.54, 1.807) is 4.68 Å². The number of rotatable bonds is 4. The Balaban J connectivity index is 1.61. The van der Waals surface area contributed by atoms with Crippen molar-refractivity contribution in [2.45, 2.75) is 32.2 Å². The molecule has 6 heteroatoms. The fourth-order valence-corrected chi connectivity index (χ4v) is 3.87. The molecule has 1 fully saturated rings. The molecule has 5 rings (SSSR count). The number of hydrogen-bond donors (Lipinski definition) is 0. The average Bonchev–Trinajstić information content (AvgIpc) is 3.56. The van der Waals surface area contributed by atoms with E-state index in [1.807, 2.05) is 67.2 Å². The SMILES string of the molecule is Cc1nn(C)c2nc(C3CC3)cc(C(=O)N=c3ccccn3Cc3ccccc3)c12. The zero-order valence-electron chi connectivity index (χ0n) is 17.1. The molecule has 3 aromatic heterocycles. The van der Waals surface area contributed by atoms with Crippen LogP contribution in [0.3, 0.4) is 0 Å². The van der Waals surface area contributed by atoms with Gasteiger partial charge in [-0.25, -0.2) is 4.98 Å². The van der Waals surface area contributed by atoms with Gasteiger partial charge in [0.05, 0.1) is 16.6 Å². The maximum atomic E-state index is 13.3. The summed E-state index contributed by atoms with van der Waals surface area (Å²) >= 11 is 0. The van der Waals surface area contributed by atoms with Crippen LogP contribution in [0.5, 0.6) is 0 Å². The summed E-state index contributed by atoms with van der Waals surface area (Å²) in [5.74, 6) is 0.185. The highest BCUT2D eigenvalue weighted by Gasteiger charge is 2.28. The van der Waals surface area contributed by atoms with Crippen LogP contribution in [0.2, 0.25) is 0 Å². The van der Waals surface area contributed by atoms with E-state index >= 15 is 0 Å². The van der Waals surface area contributed by atoms with Gasteiger partial charge in [-0.3, -0.25) is 9.48 Å². The van der Waals surface area contributed by atoms with Gasteiger partial charge in [0.25, 0.3) is 5.91 Å². The number of carbonyl (C=O) groups is 1. The fraction of sp³-hybridized carbons (Fsp3) is 0.250. The molecule has 0 spiro atoms. The first-order valence-electron chi connectivity index (χ1n) is 10.2. The Hall–Kier alpha value is -3.54. The summed E-state index contributed by atoms with van der Waals surface area (Å²) in [6.07, 6.45) is 4.19. The van der Waals surface area contributed by atoms with Crippen LogP contribution in [0.4, 0.5) is 0 Å². The monoisotopic (exact) mass is 397 g/mol. The smallest absolute Gasteiger partial charge is 0.279 e. The van der Waals surface area contributed by atoms with Crippen molar-refractivity contribution in [2.24, 2.45) is 12.0 Å². The highest BCUT2D eigenvalue weighted by Crippen LogP contribution is 2.40. The second-order valence-electron chi connectivity index (χ2n) is 7.87. The highest BCUT2D eigenvalue weighted by molar-refractivity contribution is 6.07. The molecule has 0 radical (unpaired) electrons. The highest BCUT2D eigenvalue weighted by atomic mass is 16.1. The number of benzene rings is 1. The third-order valence-corrected chi connectivity index (χ3v) is 5.54. The van der Waals surface area contributed by atoms with Gasteiger partial charge < -0.3 is 4.57 Å². The van der Waals surface area contributed by atoms with Crippen molar-refractivity contribution in [3.63, 3.8) is 0 Å². The number of nitrogens with zero attached hydrogens (tertiary/aromatic N) is 5. The van der Waals surface area contributed by atoms with Crippen LogP contribution >= 0.6 is 0 Å². The third-order valence-electron chi connectivity index (χ3n) is 5.54. The lowest BCUT2D eigenvalue weighted by Crippen LogP contribution is -2.22. The van der Waals surface area contributed by atoms with E-state index in [9.17, 15) is 4.79 Å². The Morgan fingerprint density at radius 1 is 1.13 bits per heavy atom. The molecular weight excluding hydrogens is 374 g/mol. The predicted molar refractivity (Wildman–Crippen MR) is 115 cm³/mol. The average molecular weight is 397 g/mol. The largest absolute Gasteiger partial charge is 0.328 e. The summed E-state index contributed by atoms with van der Waals surface area (Å²) in [7, 11) is 1.87. The lowest BCUT2D eigenvalue weighted by Gasteiger charge is -2.08. The molecule has 30 heavy (non-hydrogen) atoms. The Morgan fingerprint density at radius 2 is 1.90 bits per heavy atom. The Morgan fingerprint density at radius 3 is 2.67 bits per heavy atom. The van der Waals surface area contributed by atoms with Crippen molar-refractivity contribution in [3.8, 4) is 0 Å². The summed E-state index contributed by atoms with van der Waals surface area (Å²) < 4.78 is 3.74. The van der Waals surface area contributed by atoms with Crippen LogP contribution in [0.15, 0.2) is 65.8 Å². The first-order valence-corrected chi connectivity index (χ1v) is 10.2. The van der Waals surface area contributed by atoms with Crippen molar-refractivity contribution < 1.29 is 4.79 Å². The minimum atomic E-state index is -0.256. The van der Waals surface area contributed by atoms with Gasteiger partial charge in [0.2, 0.25) is 0 Å². The molecule has 0 unspecified atom stereocenters. The van der Waals surface area contributed by atoms with E-state index in [0.717, 1.165) is 40.8 Å². The maximum absolute atomic E-state index is 13.3. The van der Waals surface area contributed by atoms with Crippen molar-refractivity contribution in [2.75, 3.05) is 0 Å². The molecule has 1 aliphatic rings. The van der Waals surface area contributed by atoms with Gasteiger partial charge in [-0.2, -0.15) is 10.1 Å². The van der Waals surface area contributed by atoms with Gasteiger partial charge >= 0.3 is 0 Å². The van der Waals surface area contributed by atoms with Gasteiger partial charge in [-0.05, 0) is 43.5 Å². The molecule has 1 amide bonds. The zero-order chi connectivity index (χ0) is 20.7. The zero-order valence-corrected chi connectivity index (χ0v) is 17.1. The number of pyridine rings is 2. The minimum Gasteiger partial charge on any atom is -0.328 e. The number of aryl methyl sites for hydroxylation is 2. The van der Waals surface area contributed by atoms with Gasteiger partial charge in [-0.1, -0.05) is 36.4 Å². The quantitative estimate of drug-likeness (QED) is 0.527. The van der Waals surface area contributed by atoms with E-state index in [1.165, 1.54) is 0 Å². The summed E-state index contributed by atoms with van der Waals surface area (Å²) in [4.78, 5) is 22.6. The molecule has 1 aromatic carbocycles. The van der Waals surface area contributed by atoms with Crippen molar-refractivity contribution in [1.29, 1.82) is 0 Å². The summed E-state index contributed by atoms with van der Waals surface area (Å²) in [6, 6.07) is 17.8. The van der Waals surface area contributed by atoms with Gasteiger partial charge in [0.15, 0.2) is 5.65 Å². The van der Waals surface area contributed by atoms with Crippen molar-refractivity contribution >= 4 is 16.9 Å². The van der Waals surface area contributed by atoms with Crippen LogP contribution < -0.4 is 5.49 Å². The molecule has 150 valence electrons. The van der Waals surface area contributed by atoms with E-state index in [0.29, 0.717) is 23.5 Å². The number of amides is 1. The maximum Gasteiger partial charge on any atom is 0.279 e. The van der Waals surface area contributed by atoms with Gasteiger partial charge in [-0.15, -0.1) is 0 Å². The minimum absolute atomic E-state index is 0.256. The van der Waals surface area contributed by atoms with Crippen LogP contribution in [0.1, 0.15) is 46.1 Å². The number of fused-ring (bicyclic) bond motifs is 1. The lowest BCUT2D eigenvalue weighted by atomic mass is 10.1. The van der Waals surface area contributed by atoms with Crippen LogP contribution in [-0.4, -0.2) is 25.2 Å². The topological polar surface area (TPSA) is 65.1 Å². The number of hydrogen-bond acceptors (Lipinski definition) is 3. The van der Waals surface area contributed by atoms with Crippen LogP contribution in [0.25, 0.3) is 11.0 Å². The molecule has 0 aliphatic heterocycles. The van der Waals surface area contributed by atoms with Gasteiger partial charge in [0, 0.05) is 31.4 Å². The summed E-state index contributed by atoms with van der Waals surface area (Å²) in [5.41, 5.74) is 4.89. The van der Waals surface area contributed by atoms with E-state index in [2.05, 4.69) is 22.2 Å². The van der Waals surface area contributed by atoms with Crippen molar-refractivity contribution in [1.82, 2.24) is 19.3 Å². The molecule has 0 saturated heterocycles. The number of carbonyl (C=O) groups excluding carboxylic acids is 1. The first kappa shape index (κ1) is 18.5. The van der Waals surface area contributed by atoms with E-state index < -0.39 is 0 Å². The van der Waals surface area contributed by atoms with E-state index in [4.69, 9.17) is 4.98 Å². The Kier molecular flexibility index (Phi) is 4.54. The predicted octanol–water partition coefficient (Wildman–Crippen LogP) is 3.75. The molecular formula is C24H23N5O.